The van der Waals surface area contributed by atoms with Crippen molar-refractivity contribution in [1.82, 2.24) is 4.90 Å². The van der Waals surface area contributed by atoms with Crippen LogP contribution >= 0.6 is 0 Å². The molecule has 1 aliphatic rings. The van der Waals surface area contributed by atoms with E-state index in [9.17, 15) is 17.6 Å². The molecule has 0 bridgehead atoms. The van der Waals surface area contributed by atoms with E-state index in [-0.39, 0.29) is 29.6 Å². The van der Waals surface area contributed by atoms with Gasteiger partial charge in [-0.05, 0) is 12.1 Å². The van der Waals surface area contributed by atoms with Crippen LogP contribution in [0.15, 0.2) is 24.3 Å². The first-order chi connectivity index (χ1) is 8.96. The van der Waals surface area contributed by atoms with Gasteiger partial charge in [0.15, 0.2) is 9.84 Å². The number of anilines is 1. The lowest BCUT2D eigenvalue weighted by Gasteiger charge is -2.25. The van der Waals surface area contributed by atoms with Crippen molar-refractivity contribution in [3.05, 3.63) is 30.1 Å². The second kappa shape index (κ2) is 5.66. The molecule has 1 fully saturated rings. The quantitative estimate of drug-likeness (QED) is 0.878. The molecule has 1 aromatic carbocycles. The van der Waals surface area contributed by atoms with E-state index in [2.05, 4.69) is 5.32 Å². The molecule has 0 radical (unpaired) electrons. The van der Waals surface area contributed by atoms with Crippen LogP contribution in [0.3, 0.4) is 0 Å². The number of hydrogen-bond donors (Lipinski definition) is 1. The second-order valence-electron chi connectivity index (χ2n) is 4.46. The number of halogens is 1. The zero-order valence-electron chi connectivity index (χ0n) is 10.3. The van der Waals surface area contributed by atoms with Crippen LogP contribution in [0, 0.1) is 5.82 Å². The van der Waals surface area contributed by atoms with E-state index in [1.807, 2.05) is 0 Å². The number of carbonyl (C=O) groups is 1. The van der Waals surface area contributed by atoms with E-state index in [1.165, 1.54) is 12.1 Å². The fraction of sp³-hybridized carbons (Fsp3) is 0.417. The molecule has 0 spiro atoms. The molecular formula is C12H15FN2O3S. The number of para-hydroxylation sites is 1. The van der Waals surface area contributed by atoms with E-state index < -0.39 is 15.7 Å². The molecule has 2 rings (SSSR count). The molecule has 5 nitrogen and oxygen atoms in total. The van der Waals surface area contributed by atoms with E-state index in [0.717, 1.165) is 0 Å². The van der Waals surface area contributed by atoms with Gasteiger partial charge in [0.25, 0.3) is 0 Å². The molecule has 7 heteroatoms. The maximum Gasteiger partial charge on any atom is 0.238 e. The number of amides is 1. The molecule has 0 aliphatic carbocycles. The Morgan fingerprint density at radius 3 is 2.53 bits per heavy atom. The Morgan fingerprint density at radius 2 is 1.89 bits per heavy atom. The molecule has 0 saturated carbocycles. The third-order valence-electron chi connectivity index (χ3n) is 2.95. The lowest BCUT2D eigenvalue weighted by molar-refractivity contribution is -0.117. The number of nitrogens with one attached hydrogen (secondary N) is 1. The molecule has 1 saturated heterocycles. The lowest BCUT2D eigenvalue weighted by Crippen LogP contribution is -2.43. The normalized spacial score (nSPS) is 19.0. The van der Waals surface area contributed by atoms with Crippen LogP contribution in [0.4, 0.5) is 10.1 Å². The Balaban J connectivity index is 1.87. The lowest BCUT2D eigenvalue weighted by atomic mass is 10.3. The topological polar surface area (TPSA) is 66.5 Å². The van der Waals surface area contributed by atoms with Gasteiger partial charge in [0.1, 0.15) is 5.82 Å². The Labute approximate surface area is 111 Å². The first-order valence-electron chi connectivity index (χ1n) is 5.93. The largest absolute Gasteiger partial charge is 0.322 e. The van der Waals surface area contributed by atoms with Crippen molar-refractivity contribution in [2.24, 2.45) is 0 Å². The van der Waals surface area contributed by atoms with Crippen molar-refractivity contribution in [1.29, 1.82) is 0 Å². The molecule has 104 valence electrons. The maximum absolute atomic E-state index is 13.3. The highest BCUT2D eigenvalue weighted by Crippen LogP contribution is 2.12. The van der Waals surface area contributed by atoms with Crippen LogP contribution in [0.1, 0.15) is 0 Å². The van der Waals surface area contributed by atoms with Gasteiger partial charge in [0.2, 0.25) is 5.91 Å². The summed E-state index contributed by atoms with van der Waals surface area (Å²) in [7, 11) is -2.95. The van der Waals surface area contributed by atoms with Crippen molar-refractivity contribution < 1.29 is 17.6 Å². The molecule has 1 amide bonds. The number of benzene rings is 1. The first-order valence-corrected chi connectivity index (χ1v) is 7.75. The minimum absolute atomic E-state index is 0.0694. The predicted octanol–water partition coefficient (Wildman–Crippen LogP) is 0.495. The van der Waals surface area contributed by atoms with Gasteiger partial charge in [-0.25, -0.2) is 12.8 Å². The number of sulfone groups is 1. The molecular weight excluding hydrogens is 271 g/mol. The van der Waals surface area contributed by atoms with Gasteiger partial charge in [0.05, 0.1) is 23.7 Å². The molecule has 19 heavy (non-hydrogen) atoms. The Kier molecular flexibility index (Phi) is 4.16. The Morgan fingerprint density at radius 1 is 1.26 bits per heavy atom. The molecule has 1 aliphatic heterocycles. The zero-order valence-corrected chi connectivity index (χ0v) is 11.1. The third kappa shape index (κ3) is 4.00. The van der Waals surface area contributed by atoms with Gasteiger partial charge in [-0.15, -0.1) is 0 Å². The van der Waals surface area contributed by atoms with Gasteiger partial charge >= 0.3 is 0 Å². The molecule has 1 aromatic rings. The summed E-state index contributed by atoms with van der Waals surface area (Å²) in [5.41, 5.74) is 0.136. The standard InChI is InChI=1S/C12H15FN2O3S/c13-10-3-1-2-4-11(10)14-12(16)9-15-5-7-19(17,18)8-6-15/h1-4H,5-9H2,(H,14,16). The first kappa shape index (κ1) is 14.0. The summed E-state index contributed by atoms with van der Waals surface area (Å²) in [6.07, 6.45) is 0. The summed E-state index contributed by atoms with van der Waals surface area (Å²) < 4.78 is 35.8. The summed E-state index contributed by atoms with van der Waals surface area (Å²) in [5, 5.41) is 2.47. The van der Waals surface area contributed by atoms with Crippen molar-refractivity contribution >= 4 is 21.4 Å². The van der Waals surface area contributed by atoms with Crippen molar-refractivity contribution in [2.45, 2.75) is 0 Å². The van der Waals surface area contributed by atoms with Crippen LogP contribution in [-0.4, -0.2) is 50.4 Å². The van der Waals surface area contributed by atoms with Crippen LogP contribution in [0.25, 0.3) is 0 Å². The number of nitrogens with zero attached hydrogens (tertiary/aromatic N) is 1. The van der Waals surface area contributed by atoms with Crippen LogP contribution in [-0.2, 0) is 14.6 Å². The van der Waals surface area contributed by atoms with E-state index in [4.69, 9.17) is 0 Å². The Bertz CT molecular complexity index is 560. The fourth-order valence-corrected chi connectivity index (χ4v) is 3.14. The van der Waals surface area contributed by atoms with E-state index >= 15 is 0 Å². The molecule has 0 atom stereocenters. The number of rotatable bonds is 3. The van der Waals surface area contributed by atoms with Gasteiger partial charge in [-0.2, -0.15) is 0 Å². The minimum Gasteiger partial charge on any atom is -0.322 e. The number of carbonyl (C=O) groups excluding carboxylic acids is 1. The van der Waals surface area contributed by atoms with Crippen molar-refractivity contribution in [3.63, 3.8) is 0 Å². The average Bonchev–Trinajstić information content (AvgIpc) is 2.35. The zero-order chi connectivity index (χ0) is 13.9. The van der Waals surface area contributed by atoms with Crippen molar-refractivity contribution in [3.8, 4) is 0 Å². The monoisotopic (exact) mass is 286 g/mol. The third-order valence-corrected chi connectivity index (χ3v) is 4.56. The van der Waals surface area contributed by atoms with Crippen molar-refractivity contribution in [2.75, 3.05) is 36.5 Å². The van der Waals surface area contributed by atoms with Crippen LogP contribution in [0.2, 0.25) is 0 Å². The van der Waals surface area contributed by atoms with E-state index in [0.29, 0.717) is 13.1 Å². The Hall–Kier alpha value is -1.47. The highest BCUT2D eigenvalue weighted by atomic mass is 32.2. The van der Waals surface area contributed by atoms with Crippen LogP contribution < -0.4 is 5.32 Å². The molecule has 1 N–H and O–H groups in total. The van der Waals surface area contributed by atoms with E-state index in [1.54, 1.807) is 17.0 Å². The highest BCUT2D eigenvalue weighted by molar-refractivity contribution is 7.91. The van der Waals surface area contributed by atoms with Gasteiger partial charge in [-0.3, -0.25) is 9.69 Å². The van der Waals surface area contributed by atoms with Gasteiger partial charge in [0, 0.05) is 13.1 Å². The molecule has 1 heterocycles. The SMILES string of the molecule is O=C(CN1CCS(=O)(=O)CC1)Nc1ccccc1F. The smallest absolute Gasteiger partial charge is 0.238 e. The summed E-state index contributed by atoms with van der Waals surface area (Å²) >= 11 is 0. The minimum atomic E-state index is -2.95. The second-order valence-corrected chi connectivity index (χ2v) is 6.76. The van der Waals surface area contributed by atoms with Crippen LogP contribution in [0.5, 0.6) is 0 Å². The summed E-state index contributed by atoms with van der Waals surface area (Å²) in [6.45, 7) is 0.754. The average molecular weight is 286 g/mol. The maximum atomic E-state index is 13.3. The molecule has 0 unspecified atom stereocenters. The summed E-state index contributed by atoms with van der Waals surface area (Å²) in [5.74, 6) is -0.693. The summed E-state index contributed by atoms with van der Waals surface area (Å²) in [6, 6.07) is 5.92. The number of hydrogen-bond acceptors (Lipinski definition) is 4. The molecule has 0 aromatic heterocycles. The summed E-state index contributed by atoms with van der Waals surface area (Å²) in [4.78, 5) is 13.5. The predicted molar refractivity (Wildman–Crippen MR) is 70.1 cm³/mol. The highest BCUT2D eigenvalue weighted by Gasteiger charge is 2.23. The van der Waals surface area contributed by atoms with Gasteiger partial charge < -0.3 is 5.32 Å². The van der Waals surface area contributed by atoms with Gasteiger partial charge in [-0.1, -0.05) is 12.1 Å². The fourth-order valence-electron chi connectivity index (χ4n) is 1.86.